The molecule has 1 aromatic rings. The largest absolute Gasteiger partial charge is 0.383 e. The number of nitrogens with zero attached hydrogens (tertiary/aromatic N) is 5. The summed E-state index contributed by atoms with van der Waals surface area (Å²) < 4.78 is 18.7. The van der Waals surface area contributed by atoms with E-state index in [1.54, 1.807) is 13.8 Å². The van der Waals surface area contributed by atoms with Gasteiger partial charge in [0.25, 0.3) is 0 Å². The van der Waals surface area contributed by atoms with E-state index >= 15 is 0 Å². The molecule has 1 unspecified atom stereocenters. The molecule has 2 saturated heterocycles. The van der Waals surface area contributed by atoms with E-state index in [0.29, 0.717) is 0 Å². The number of aromatic nitrogens is 2. The molecule has 10 heteroatoms. The number of ether oxygens (including phenoxy) is 3. The average molecular weight is 308 g/mol. The van der Waals surface area contributed by atoms with Crippen LogP contribution < -0.4 is 11.4 Å². The number of hydrogen-bond acceptors (Lipinski definition) is 7. The number of rotatable bonds is 3. The lowest BCUT2D eigenvalue weighted by atomic mass is 10.1. The van der Waals surface area contributed by atoms with Crippen molar-refractivity contribution in [3.05, 3.63) is 33.2 Å². The molecule has 1 aromatic heterocycles. The highest BCUT2D eigenvalue weighted by atomic mass is 16.8. The fourth-order valence-corrected chi connectivity index (χ4v) is 2.77. The molecule has 2 aliphatic heterocycles. The van der Waals surface area contributed by atoms with Crippen LogP contribution in [0, 0.1) is 0 Å². The molecule has 0 aromatic carbocycles. The van der Waals surface area contributed by atoms with Crippen molar-refractivity contribution in [2.45, 2.75) is 44.2 Å². The summed E-state index contributed by atoms with van der Waals surface area (Å²) in [5.41, 5.74) is 13.4. The minimum Gasteiger partial charge on any atom is -0.383 e. The topological polar surface area (TPSA) is 137 Å². The summed E-state index contributed by atoms with van der Waals surface area (Å²) in [7, 11) is 0. The van der Waals surface area contributed by atoms with Gasteiger partial charge in [0.2, 0.25) is 0 Å². The second-order valence-electron chi connectivity index (χ2n) is 5.59. The quantitative estimate of drug-likeness (QED) is 0.491. The van der Waals surface area contributed by atoms with Gasteiger partial charge in [-0.1, -0.05) is 5.11 Å². The lowest BCUT2D eigenvalue weighted by molar-refractivity contribution is -0.196. The van der Waals surface area contributed by atoms with Crippen LogP contribution >= 0.6 is 0 Å². The maximum absolute atomic E-state index is 12.0. The highest BCUT2D eigenvalue weighted by Gasteiger charge is 2.55. The summed E-state index contributed by atoms with van der Waals surface area (Å²) >= 11 is 0. The fraction of sp³-hybridized carbons (Fsp3) is 0.667. The average Bonchev–Trinajstić information content (AvgIpc) is 2.91. The third-order valence-electron chi connectivity index (χ3n) is 3.58. The van der Waals surface area contributed by atoms with E-state index < -0.39 is 36.0 Å². The second-order valence-corrected chi connectivity index (χ2v) is 5.59. The minimum atomic E-state index is -0.809. The van der Waals surface area contributed by atoms with Crippen molar-refractivity contribution in [2.24, 2.45) is 5.11 Å². The Morgan fingerprint density at radius 1 is 1.50 bits per heavy atom. The molecule has 0 radical (unpaired) electrons. The van der Waals surface area contributed by atoms with E-state index in [-0.39, 0.29) is 12.4 Å². The summed E-state index contributed by atoms with van der Waals surface area (Å²) in [6.07, 6.45) is -0.660. The van der Waals surface area contributed by atoms with E-state index in [2.05, 4.69) is 15.0 Å². The van der Waals surface area contributed by atoms with E-state index in [1.807, 2.05) is 0 Å². The third-order valence-corrected chi connectivity index (χ3v) is 3.58. The number of fused-ring (bicyclic) bond motifs is 1. The number of nitrogen functional groups attached to an aromatic ring is 1. The highest BCUT2D eigenvalue weighted by molar-refractivity contribution is 5.23. The maximum atomic E-state index is 12.0. The van der Waals surface area contributed by atoms with Gasteiger partial charge in [-0.25, -0.2) is 4.79 Å². The Morgan fingerprint density at radius 2 is 2.23 bits per heavy atom. The van der Waals surface area contributed by atoms with E-state index in [4.69, 9.17) is 25.5 Å². The minimum absolute atomic E-state index is 0.0881. The fourth-order valence-electron chi connectivity index (χ4n) is 2.77. The van der Waals surface area contributed by atoms with Gasteiger partial charge >= 0.3 is 5.69 Å². The monoisotopic (exact) mass is 308 g/mol. The first-order valence-electron chi connectivity index (χ1n) is 6.78. The van der Waals surface area contributed by atoms with Crippen LogP contribution in [0.25, 0.3) is 10.4 Å². The molecule has 118 valence electrons. The van der Waals surface area contributed by atoms with Crippen LogP contribution in [0.5, 0.6) is 0 Å². The van der Waals surface area contributed by atoms with Gasteiger partial charge in [-0.3, -0.25) is 4.57 Å². The molecule has 10 nitrogen and oxygen atoms in total. The Labute approximate surface area is 125 Å². The van der Waals surface area contributed by atoms with Crippen LogP contribution in [0.1, 0.15) is 20.1 Å². The summed E-state index contributed by atoms with van der Waals surface area (Å²) in [6, 6.07) is 1.50. The molecule has 2 N–H and O–H groups in total. The van der Waals surface area contributed by atoms with Crippen molar-refractivity contribution in [3.8, 4) is 0 Å². The van der Waals surface area contributed by atoms with Crippen LogP contribution in [0.15, 0.2) is 22.2 Å². The lowest BCUT2D eigenvalue weighted by Crippen LogP contribution is -2.35. The molecule has 4 atom stereocenters. The molecule has 0 bridgehead atoms. The number of azide groups is 1. The van der Waals surface area contributed by atoms with E-state index in [0.717, 1.165) is 0 Å². The van der Waals surface area contributed by atoms with Crippen LogP contribution in [-0.2, 0) is 14.2 Å². The molecule has 0 saturated carbocycles. The standard InChI is InChI=1S/C12H16N6O4/c1-12(2)21-8-6(5-15-17-14)20-10(9(8)22-12)18-4-3-7(13)16-11(18)19/h3-4,6,8-10H,5H2,1-2H3,(H2,13,16,19)/t6-,8?,9+,10-/m1/s1. The molecule has 3 rings (SSSR count). The molecular weight excluding hydrogens is 292 g/mol. The zero-order valence-electron chi connectivity index (χ0n) is 12.1. The predicted octanol–water partition coefficient (Wildman–Crippen LogP) is 0.553. The molecule has 3 heterocycles. The van der Waals surface area contributed by atoms with Crippen molar-refractivity contribution in [1.29, 1.82) is 0 Å². The smallest absolute Gasteiger partial charge is 0.351 e. The van der Waals surface area contributed by atoms with Gasteiger partial charge in [-0.15, -0.1) is 0 Å². The highest BCUT2D eigenvalue weighted by Crippen LogP contribution is 2.42. The molecular formula is C12H16N6O4. The van der Waals surface area contributed by atoms with Crippen molar-refractivity contribution in [2.75, 3.05) is 12.3 Å². The molecule has 2 aliphatic rings. The number of hydrogen-bond donors (Lipinski definition) is 1. The maximum Gasteiger partial charge on any atom is 0.351 e. The van der Waals surface area contributed by atoms with Crippen molar-refractivity contribution in [1.82, 2.24) is 9.55 Å². The number of anilines is 1. The van der Waals surface area contributed by atoms with Gasteiger partial charge in [-0.2, -0.15) is 4.98 Å². The van der Waals surface area contributed by atoms with Crippen LogP contribution in [-0.4, -0.2) is 40.2 Å². The third kappa shape index (κ3) is 2.53. The zero-order chi connectivity index (χ0) is 15.9. The first-order valence-corrected chi connectivity index (χ1v) is 6.78. The van der Waals surface area contributed by atoms with Gasteiger partial charge in [0.1, 0.15) is 18.0 Å². The first kappa shape index (κ1) is 14.8. The van der Waals surface area contributed by atoms with Crippen LogP contribution in [0.3, 0.4) is 0 Å². The zero-order valence-corrected chi connectivity index (χ0v) is 12.1. The van der Waals surface area contributed by atoms with Gasteiger partial charge in [-0.05, 0) is 25.4 Å². The Hall–Kier alpha value is -2.13. The van der Waals surface area contributed by atoms with Gasteiger partial charge in [0.15, 0.2) is 12.0 Å². The Bertz CT molecular complexity index is 682. The molecule has 2 fully saturated rings. The van der Waals surface area contributed by atoms with Crippen molar-refractivity contribution < 1.29 is 14.2 Å². The summed E-state index contributed by atoms with van der Waals surface area (Å²) in [5.74, 6) is -0.679. The SMILES string of the molecule is CC1(C)OC2[C@@H](CN=[N+]=[N-])O[C@@H](n3ccc(N)nc3=O)[C@H]2O1. The Morgan fingerprint density at radius 3 is 2.91 bits per heavy atom. The second kappa shape index (κ2) is 5.25. The molecule has 0 spiro atoms. The summed E-state index contributed by atoms with van der Waals surface area (Å²) in [5, 5.41) is 3.52. The first-order chi connectivity index (χ1) is 10.4. The van der Waals surface area contributed by atoms with E-state index in [9.17, 15) is 4.79 Å². The van der Waals surface area contributed by atoms with Gasteiger partial charge in [0, 0.05) is 11.1 Å². The van der Waals surface area contributed by atoms with E-state index in [1.165, 1.54) is 16.8 Å². The van der Waals surface area contributed by atoms with Crippen LogP contribution in [0.2, 0.25) is 0 Å². The summed E-state index contributed by atoms with van der Waals surface area (Å²) in [4.78, 5) is 18.4. The Kier molecular flexibility index (Phi) is 3.53. The molecule has 0 amide bonds. The van der Waals surface area contributed by atoms with Gasteiger partial charge in [0.05, 0.1) is 12.6 Å². The van der Waals surface area contributed by atoms with Crippen molar-refractivity contribution >= 4 is 5.82 Å². The number of nitrogens with two attached hydrogens (primary N) is 1. The summed E-state index contributed by atoms with van der Waals surface area (Å²) in [6.45, 7) is 3.64. The normalized spacial score (nSPS) is 32.5. The van der Waals surface area contributed by atoms with Gasteiger partial charge < -0.3 is 19.9 Å². The Balaban J connectivity index is 1.94. The lowest BCUT2D eigenvalue weighted by Gasteiger charge is -2.24. The predicted molar refractivity (Wildman–Crippen MR) is 74.7 cm³/mol. The van der Waals surface area contributed by atoms with Crippen molar-refractivity contribution in [3.63, 3.8) is 0 Å². The van der Waals surface area contributed by atoms with Crippen LogP contribution in [0.4, 0.5) is 5.82 Å². The molecule has 22 heavy (non-hydrogen) atoms. The molecule has 0 aliphatic carbocycles.